The molecular formula is C21H33ClFN3O4. The number of alkyl halides is 2. The summed E-state index contributed by atoms with van der Waals surface area (Å²) in [6.45, 7) is 0.535. The molecule has 0 aromatic rings. The van der Waals surface area contributed by atoms with E-state index in [2.05, 4.69) is 16.0 Å². The van der Waals surface area contributed by atoms with E-state index in [1.807, 2.05) is 0 Å². The highest BCUT2D eigenvalue weighted by Gasteiger charge is 2.72. The van der Waals surface area contributed by atoms with Gasteiger partial charge in [-0.15, -0.1) is 11.6 Å². The summed E-state index contributed by atoms with van der Waals surface area (Å²) in [6.07, 6.45) is 5.40. The molecule has 5 unspecified atom stereocenters. The van der Waals surface area contributed by atoms with Gasteiger partial charge < -0.3 is 20.1 Å². The van der Waals surface area contributed by atoms with Crippen LogP contribution >= 0.6 is 11.6 Å². The average molecular weight is 446 g/mol. The highest BCUT2D eigenvalue weighted by Crippen LogP contribution is 2.67. The first kappa shape index (κ1) is 22.2. The molecule has 1 heterocycles. The van der Waals surface area contributed by atoms with Crippen LogP contribution in [-0.2, 0) is 19.1 Å². The van der Waals surface area contributed by atoms with Crippen LogP contribution < -0.4 is 16.0 Å². The smallest absolute Gasteiger partial charge is 0.246 e. The van der Waals surface area contributed by atoms with Crippen LogP contribution in [0.15, 0.2) is 0 Å². The van der Waals surface area contributed by atoms with Crippen LogP contribution in [-0.4, -0.2) is 67.5 Å². The molecule has 4 aliphatic carbocycles. The van der Waals surface area contributed by atoms with Crippen LogP contribution in [0.25, 0.3) is 0 Å². The maximum Gasteiger partial charge on any atom is 0.246 e. The van der Waals surface area contributed by atoms with Crippen LogP contribution in [0.2, 0.25) is 0 Å². The van der Waals surface area contributed by atoms with Gasteiger partial charge in [0.25, 0.3) is 0 Å². The van der Waals surface area contributed by atoms with E-state index in [4.69, 9.17) is 21.1 Å². The van der Waals surface area contributed by atoms with Gasteiger partial charge in [0, 0.05) is 31.7 Å². The largest absolute Gasteiger partial charge is 0.368 e. The van der Waals surface area contributed by atoms with E-state index in [1.54, 1.807) is 7.11 Å². The molecule has 1 saturated heterocycles. The number of ether oxygens (including phenoxy) is 2. The van der Waals surface area contributed by atoms with Crippen molar-refractivity contribution < 1.29 is 23.5 Å². The maximum atomic E-state index is 13.7. The minimum absolute atomic E-state index is 0.0667. The molecule has 5 rings (SSSR count). The molecular weight excluding hydrogens is 413 g/mol. The molecule has 0 spiro atoms. The Morgan fingerprint density at radius 3 is 2.67 bits per heavy atom. The van der Waals surface area contributed by atoms with Gasteiger partial charge in [0.05, 0.1) is 16.9 Å². The molecule has 0 radical (unpaired) electrons. The minimum atomic E-state index is -1.08. The van der Waals surface area contributed by atoms with Gasteiger partial charge in [0.2, 0.25) is 11.8 Å². The first-order valence-electron chi connectivity index (χ1n) is 11.1. The summed E-state index contributed by atoms with van der Waals surface area (Å²) in [5.74, 6) is -0.104. The molecule has 4 saturated carbocycles. The Balaban J connectivity index is 1.13. The molecule has 5 atom stereocenters. The summed E-state index contributed by atoms with van der Waals surface area (Å²) < 4.78 is 24.6. The molecule has 170 valence electrons. The van der Waals surface area contributed by atoms with Crippen LogP contribution in [0.4, 0.5) is 4.39 Å². The van der Waals surface area contributed by atoms with E-state index < -0.39 is 11.5 Å². The summed E-state index contributed by atoms with van der Waals surface area (Å²) in [5, 5.41) is 9.06. The van der Waals surface area contributed by atoms with E-state index in [1.165, 1.54) is 0 Å². The molecule has 5 aliphatic rings. The Hall–Kier alpha value is -0.960. The van der Waals surface area contributed by atoms with E-state index in [0.29, 0.717) is 38.6 Å². The van der Waals surface area contributed by atoms with Crippen molar-refractivity contribution in [1.29, 1.82) is 0 Å². The first-order valence-corrected chi connectivity index (χ1v) is 11.5. The van der Waals surface area contributed by atoms with E-state index in [0.717, 1.165) is 19.3 Å². The number of hydrogen-bond donors (Lipinski definition) is 3. The summed E-state index contributed by atoms with van der Waals surface area (Å²) in [4.78, 5) is 24.9. The van der Waals surface area contributed by atoms with Gasteiger partial charge in [-0.25, -0.2) is 4.39 Å². The number of rotatable bonds is 8. The molecule has 0 aromatic heterocycles. The van der Waals surface area contributed by atoms with Crippen molar-refractivity contribution in [1.82, 2.24) is 16.0 Å². The fourth-order valence-electron chi connectivity index (χ4n) is 5.61. The number of nitrogens with one attached hydrogen (secondary N) is 3. The number of carbonyl (C=O) groups excluding carboxylic acids is 2. The van der Waals surface area contributed by atoms with Crippen molar-refractivity contribution in [3.8, 4) is 0 Å². The highest BCUT2D eigenvalue weighted by atomic mass is 35.5. The maximum absolute atomic E-state index is 13.7. The van der Waals surface area contributed by atoms with Crippen LogP contribution in [0.3, 0.4) is 0 Å². The lowest BCUT2D eigenvalue weighted by atomic mass is 9.39. The molecule has 2 bridgehead atoms. The molecule has 2 amide bonds. The van der Waals surface area contributed by atoms with Crippen LogP contribution in [0.5, 0.6) is 0 Å². The van der Waals surface area contributed by atoms with Gasteiger partial charge in [0.15, 0.2) is 0 Å². The third kappa shape index (κ3) is 4.61. The van der Waals surface area contributed by atoms with Gasteiger partial charge in [-0.1, -0.05) is 0 Å². The van der Waals surface area contributed by atoms with Crippen molar-refractivity contribution in [3.63, 3.8) is 0 Å². The number of amides is 2. The lowest BCUT2D eigenvalue weighted by molar-refractivity contribution is -0.185. The van der Waals surface area contributed by atoms with E-state index >= 15 is 0 Å². The monoisotopic (exact) mass is 445 g/mol. The Morgan fingerprint density at radius 1 is 1.20 bits per heavy atom. The predicted molar refractivity (Wildman–Crippen MR) is 110 cm³/mol. The van der Waals surface area contributed by atoms with Crippen LogP contribution in [0, 0.1) is 5.41 Å². The van der Waals surface area contributed by atoms with Crippen molar-refractivity contribution in [2.75, 3.05) is 20.3 Å². The molecule has 7 nitrogen and oxygen atoms in total. The van der Waals surface area contributed by atoms with Crippen molar-refractivity contribution >= 4 is 23.4 Å². The second-order valence-electron chi connectivity index (χ2n) is 9.65. The molecule has 30 heavy (non-hydrogen) atoms. The lowest BCUT2D eigenvalue weighted by Gasteiger charge is -2.69. The summed E-state index contributed by atoms with van der Waals surface area (Å²) >= 11 is 5.88. The SMILES string of the molecule is COC1CCCC(CNC(=O)C23CC(NC(=O)COC4CCC(Cl)C(F)C4)(C2)C3)N1. The summed E-state index contributed by atoms with van der Waals surface area (Å²) in [6, 6.07) is 0.239. The van der Waals surface area contributed by atoms with Crippen molar-refractivity contribution in [2.24, 2.45) is 5.41 Å². The summed E-state index contributed by atoms with van der Waals surface area (Å²) in [5.41, 5.74) is -0.595. The normalized spacial score (nSPS) is 42.6. The quantitative estimate of drug-likeness (QED) is 0.495. The standard InChI is InChI=1S/C21H33ClFN3O4/c1-29-18-4-2-3-13(25-18)8-24-19(28)20-10-21(11-20,12-20)26-17(27)9-30-14-5-6-15(22)16(23)7-14/h13-16,18,25H,2-12H2,1H3,(H,24,28)(H,26,27). The predicted octanol–water partition coefficient (Wildman–Crippen LogP) is 1.77. The number of methoxy groups -OCH3 is 1. The zero-order chi connectivity index (χ0) is 21.4. The minimum Gasteiger partial charge on any atom is -0.368 e. The Labute approximate surface area is 182 Å². The number of halogens is 2. The first-order chi connectivity index (χ1) is 14.3. The third-order valence-corrected chi connectivity index (χ3v) is 7.74. The zero-order valence-electron chi connectivity index (χ0n) is 17.6. The van der Waals surface area contributed by atoms with E-state index in [-0.39, 0.29) is 54.2 Å². The fraction of sp³-hybridized carbons (Fsp3) is 0.905. The van der Waals surface area contributed by atoms with Gasteiger partial charge in [0.1, 0.15) is 19.0 Å². The molecule has 5 fully saturated rings. The second kappa shape index (κ2) is 8.88. The highest BCUT2D eigenvalue weighted by molar-refractivity contribution is 6.21. The second-order valence-corrected chi connectivity index (χ2v) is 10.2. The fourth-order valence-corrected chi connectivity index (χ4v) is 5.84. The number of hydrogen-bond acceptors (Lipinski definition) is 5. The van der Waals surface area contributed by atoms with Crippen molar-refractivity contribution in [3.05, 3.63) is 0 Å². The number of carbonyl (C=O) groups is 2. The molecule has 0 aromatic carbocycles. The number of piperidine rings is 1. The van der Waals surface area contributed by atoms with E-state index in [9.17, 15) is 14.0 Å². The lowest BCUT2D eigenvalue weighted by Crippen LogP contribution is -2.78. The summed E-state index contributed by atoms with van der Waals surface area (Å²) in [7, 11) is 1.70. The van der Waals surface area contributed by atoms with Crippen molar-refractivity contribution in [2.45, 2.75) is 93.2 Å². The Bertz CT molecular complexity index is 646. The third-order valence-electron chi connectivity index (χ3n) is 7.25. The zero-order valence-corrected chi connectivity index (χ0v) is 18.3. The van der Waals surface area contributed by atoms with Gasteiger partial charge in [-0.3, -0.25) is 14.9 Å². The topological polar surface area (TPSA) is 88.7 Å². The average Bonchev–Trinajstić information content (AvgIpc) is 2.68. The molecule has 1 aliphatic heterocycles. The van der Waals surface area contributed by atoms with Crippen LogP contribution in [0.1, 0.15) is 57.8 Å². The van der Waals surface area contributed by atoms with Gasteiger partial charge in [-0.2, -0.15) is 0 Å². The molecule has 9 heteroatoms. The van der Waals surface area contributed by atoms with Gasteiger partial charge >= 0.3 is 0 Å². The van der Waals surface area contributed by atoms with Gasteiger partial charge in [-0.05, 0) is 51.4 Å². The Morgan fingerprint density at radius 2 is 1.97 bits per heavy atom. The molecule has 3 N–H and O–H groups in total. The Kier molecular flexibility index (Phi) is 6.59.